The Morgan fingerprint density at radius 2 is 1.77 bits per heavy atom. The number of nitrogens with one attached hydrogen (secondary N) is 1. The molecular weight excluding hydrogens is 464 g/mol. The van der Waals surface area contributed by atoms with Gasteiger partial charge in [-0.3, -0.25) is 4.79 Å². The van der Waals surface area contributed by atoms with E-state index in [4.69, 9.17) is 25.8 Å². The van der Waals surface area contributed by atoms with Crippen LogP contribution in [-0.4, -0.2) is 19.1 Å². The maximum atomic E-state index is 12.7. The molecule has 35 heavy (non-hydrogen) atoms. The highest BCUT2D eigenvalue weighted by Gasteiger charge is 2.15. The van der Waals surface area contributed by atoms with Crippen LogP contribution in [0.3, 0.4) is 0 Å². The Morgan fingerprint density at radius 1 is 1.03 bits per heavy atom. The highest BCUT2D eigenvalue weighted by molar-refractivity contribution is 6.32. The molecule has 0 radical (unpaired) electrons. The molecule has 3 rings (SSSR count). The van der Waals surface area contributed by atoms with Crippen molar-refractivity contribution in [3.63, 3.8) is 0 Å². The molecular formula is C28H27ClN2O4. The van der Waals surface area contributed by atoms with Gasteiger partial charge in [0.25, 0.3) is 5.91 Å². The average Bonchev–Trinajstić information content (AvgIpc) is 2.87. The second-order valence-electron chi connectivity index (χ2n) is 7.53. The van der Waals surface area contributed by atoms with Gasteiger partial charge in [0.1, 0.15) is 24.0 Å². The predicted octanol–water partition coefficient (Wildman–Crippen LogP) is 6.65. The number of rotatable bonds is 11. The van der Waals surface area contributed by atoms with Gasteiger partial charge in [0.2, 0.25) is 0 Å². The zero-order valence-corrected chi connectivity index (χ0v) is 20.5. The number of anilines is 1. The summed E-state index contributed by atoms with van der Waals surface area (Å²) in [6, 6.07) is 22.1. The molecule has 0 heterocycles. The Balaban J connectivity index is 1.70. The Labute approximate surface area is 210 Å². The fourth-order valence-electron chi connectivity index (χ4n) is 3.17. The van der Waals surface area contributed by atoms with Gasteiger partial charge in [0, 0.05) is 5.69 Å². The zero-order valence-electron chi connectivity index (χ0n) is 19.7. The molecule has 3 aromatic rings. The molecule has 0 aliphatic carbocycles. The van der Waals surface area contributed by atoms with E-state index in [0.717, 1.165) is 12.0 Å². The van der Waals surface area contributed by atoms with Crippen molar-refractivity contribution < 1.29 is 19.0 Å². The van der Waals surface area contributed by atoms with Gasteiger partial charge in [-0.1, -0.05) is 48.9 Å². The fraction of sp³-hybridized carbons (Fsp3) is 0.214. The van der Waals surface area contributed by atoms with Gasteiger partial charge in [0.05, 0.1) is 18.2 Å². The van der Waals surface area contributed by atoms with Gasteiger partial charge in [-0.2, -0.15) is 5.26 Å². The lowest BCUT2D eigenvalue weighted by Gasteiger charge is -2.14. The first-order chi connectivity index (χ1) is 17.0. The molecule has 0 saturated carbocycles. The molecule has 1 amide bonds. The minimum Gasteiger partial charge on any atom is -0.490 e. The number of carbonyl (C=O) groups is 1. The summed E-state index contributed by atoms with van der Waals surface area (Å²) < 4.78 is 17.1. The Bertz CT molecular complexity index is 1200. The van der Waals surface area contributed by atoms with Crippen LogP contribution in [0.15, 0.2) is 72.3 Å². The van der Waals surface area contributed by atoms with Crippen molar-refractivity contribution in [1.29, 1.82) is 5.26 Å². The molecule has 7 heteroatoms. The molecule has 3 aromatic carbocycles. The molecule has 180 valence electrons. The van der Waals surface area contributed by atoms with Crippen LogP contribution >= 0.6 is 11.6 Å². The van der Waals surface area contributed by atoms with Gasteiger partial charge >= 0.3 is 0 Å². The maximum Gasteiger partial charge on any atom is 0.266 e. The minimum absolute atomic E-state index is 0.0739. The SMILES string of the molecule is CCCOc1c(Cl)cc(/C=C(\C#N)C(=O)Nc2ccc(OCc3ccccc3)cc2)cc1OCC. The van der Waals surface area contributed by atoms with Gasteiger partial charge in [-0.05, 0) is 66.9 Å². The summed E-state index contributed by atoms with van der Waals surface area (Å²) in [7, 11) is 0. The molecule has 0 saturated heterocycles. The van der Waals surface area contributed by atoms with E-state index in [1.165, 1.54) is 6.08 Å². The van der Waals surface area contributed by atoms with E-state index in [2.05, 4.69) is 5.32 Å². The van der Waals surface area contributed by atoms with Gasteiger partial charge in [0.15, 0.2) is 11.5 Å². The van der Waals surface area contributed by atoms with E-state index >= 15 is 0 Å². The standard InChI is InChI=1S/C28H27ClN2O4/c1-3-14-34-27-25(29)16-21(17-26(27)33-4-2)15-22(18-30)28(32)31-23-10-12-24(13-11-23)35-19-20-8-6-5-7-9-20/h5-13,15-17H,3-4,14,19H2,1-2H3,(H,31,32)/b22-15+. The molecule has 0 aliphatic heterocycles. The van der Waals surface area contributed by atoms with Crippen molar-refractivity contribution in [2.75, 3.05) is 18.5 Å². The largest absolute Gasteiger partial charge is 0.490 e. The minimum atomic E-state index is -0.536. The molecule has 1 N–H and O–H groups in total. The van der Waals surface area contributed by atoms with E-state index in [0.29, 0.717) is 53.3 Å². The fourth-order valence-corrected chi connectivity index (χ4v) is 3.44. The summed E-state index contributed by atoms with van der Waals surface area (Å²) in [5.41, 5.74) is 2.08. The number of hydrogen-bond donors (Lipinski definition) is 1. The molecule has 6 nitrogen and oxygen atoms in total. The molecule has 0 spiro atoms. The first-order valence-electron chi connectivity index (χ1n) is 11.3. The summed E-state index contributed by atoms with van der Waals surface area (Å²) in [6.07, 6.45) is 2.28. The van der Waals surface area contributed by atoms with Crippen molar-refractivity contribution in [2.24, 2.45) is 0 Å². The van der Waals surface area contributed by atoms with Crippen molar-refractivity contribution in [3.8, 4) is 23.3 Å². The van der Waals surface area contributed by atoms with E-state index < -0.39 is 5.91 Å². The molecule has 0 bridgehead atoms. The van der Waals surface area contributed by atoms with Crippen LogP contribution in [0.25, 0.3) is 6.08 Å². The number of halogens is 1. The Kier molecular flexibility index (Phi) is 9.58. The Hall–Kier alpha value is -3.95. The second-order valence-corrected chi connectivity index (χ2v) is 7.94. The van der Waals surface area contributed by atoms with Crippen LogP contribution in [0.2, 0.25) is 5.02 Å². The highest BCUT2D eigenvalue weighted by Crippen LogP contribution is 2.37. The van der Waals surface area contributed by atoms with Crippen LogP contribution in [0.1, 0.15) is 31.4 Å². The van der Waals surface area contributed by atoms with E-state index in [9.17, 15) is 10.1 Å². The van der Waals surface area contributed by atoms with Gasteiger partial charge in [-0.25, -0.2) is 0 Å². The van der Waals surface area contributed by atoms with Crippen LogP contribution in [0.5, 0.6) is 17.2 Å². The topological polar surface area (TPSA) is 80.6 Å². The molecule has 0 aromatic heterocycles. The number of ether oxygens (including phenoxy) is 3. The van der Waals surface area contributed by atoms with E-state index in [1.54, 1.807) is 36.4 Å². The van der Waals surface area contributed by atoms with Crippen molar-refractivity contribution in [3.05, 3.63) is 88.5 Å². The number of carbonyl (C=O) groups excluding carboxylic acids is 1. The smallest absolute Gasteiger partial charge is 0.266 e. The van der Waals surface area contributed by atoms with Crippen LogP contribution in [-0.2, 0) is 11.4 Å². The van der Waals surface area contributed by atoms with E-state index in [-0.39, 0.29) is 5.57 Å². The number of benzene rings is 3. The summed E-state index contributed by atoms with van der Waals surface area (Å²) in [6.45, 7) is 5.21. The molecule has 0 atom stereocenters. The van der Waals surface area contributed by atoms with Crippen LogP contribution in [0.4, 0.5) is 5.69 Å². The van der Waals surface area contributed by atoms with Crippen molar-refractivity contribution in [2.45, 2.75) is 26.9 Å². The second kappa shape index (κ2) is 13.1. The van der Waals surface area contributed by atoms with Crippen molar-refractivity contribution >= 4 is 29.3 Å². The summed E-state index contributed by atoms with van der Waals surface area (Å²) >= 11 is 6.39. The monoisotopic (exact) mass is 490 g/mol. The number of hydrogen-bond acceptors (Lipinski definition) is 5. The first kappa shape index (κ1) is 25.7. The average molecular weight is 491 g/mol. The number of nitrogens with zero attached hydrogens (tertiary/aromatic N) is 1. The molecule has 0 unspecified atom stereocenters. The van der Waals surface area contributed by atoms with Crippen LogP contribution < -0.4 is 19.5 Å². The predicted molar refractivity (Wildman–Crippen MR) is 138 cm³/mol. The normalized spacial score (nSPS) is 10.9. The molecule has 0 aliphatic rings. The van der Waals surface area contributed by atoms with Gasteiger partial charge in [-0.15, -0.1) is 0 Å². The molecule has 0 fully saturated rings. The summed E-state index contributed by atoms with van der Waals surface area (Å²) in [4.78, 5) is 12.7. The third-order valence-electron chi connectivity index (χ3n) is 4.82. The number of nitriles is 1. The Morgan fingerprint density at radius 3 is 2.43 bits per heavy atom. The third kappa shape index (κ3) is 7.53. The van der Waals surface area contributed by atoms with Crippen molar-refractivity contribution in [1.82, 2.24) is 0 Å². The quantitative estimate of drug-likeness (QED) is 0.240. The van der Waals surface area contributed by atoms with E-state index in [1.807, 2.05) is 50.2 Å². The summed E-state index contributed by atoms with van der Waals surface area (Å²) in [5.74, 6) is 1.05. The van der Waals surface area contributed by atoms with Gasteiger partial charge < -0.3 is 19.5 Å². The highest BCUT2D eigenvalue weighted by atomic mass is 35.5. The lowest BCUT2D eigenvalue weighted by molar-refractivity contribution is -0.112. The first-order valence-corrected chi connectivity index (χ1v) is 11.7. The van der Waals surface area contributed by atoms with Crippen LogP contribution in [0, 0.1) is 11.3 Å². The third-order valence-corrected chi connectivity index (χ3v) is 5.10. The lowest BCUT2D eigenvalue weighted by Crippen LogP contribution is -2.13. The zero-order chi connectivity index (χ0) is 25.0. The summed E-state index contributed by atoms with van der Waals surface area (Å²) in [5, 5.41) is 12.7. The maximum absolute atomic E-state index is 12.7. The number of amides is 1. The lowest BCUT2D eigenvalue weighted by atomic mass is 10.1.